The van der Waals surface area contributed by atoms with Crippen molar-refractivity contribution in [3.8, 4) is 0 Å². The number of carbonyl (C=O) groups excluding carboxylic acids is 1. The highest BCUT2D eigenvalue weighted by Crippen LogP contribution is 2.46. The number of rotatable bonds is 7. The first-order chi connectivity index (χ1) is 7.08. The van der Waals surface area contributed by atoms with Gasteiger partial charge in [0.2, 0.25) is 5.91 Å². The van der Waals surface area contributed by atoms with Crippen LogP contribution in [0.4, 0.5) is 0 Å². The van der Waals surface area contributed by atoms with Crippen molar-refractivity contribution in [1.29, 1.82) is 0 Å². The second-order valence-corrected chi connectivity index (χ2v) is 5.19. The molecule has 0 bridgehead atoms. The van der Waals surface area contributed by atoms with Gasteiger partial charge in [-0.25, -0.2) is 0 Å². The van der Waals surface area contributed by atoms with Gasteiger partial charge in [-0.15, -0.1) is 0 Å². The third-order valence-corrected chi connectivity index (χ3v) is 4.06. The van der Waals surface area contributed by atoms with Gasteiger partial charge < -0.3 is 10.4 Å². The fourth-order valence-electron chi connectivity index (χ4n) is 1.34. The van der Waals surface area contributed by atoms with E-state index in [1.807, 2.05) is 0 Å². The molecule has 15 heavy (non-hydrogen) atoms. The molecular formula is C10H17NO3S. The highest BCUT2D eigenvalue weighted by atomic mass is 32.2. The third-order valence-electron chi connectivity index (χ3n) is 2.64. The highest BCUT2D eigenvalue weighted by Gasteiger charge is 2.41. The van der Waals surface area contributed by atoms with Gasteiger partial charge in [-0.3, -0.25) is 9.59 Å². The largest absolute Gasteiger partial charge is 0.481 e. The molecule has 1 aliphatic carbocycles. The summed E-state index contributed by atoms with van der Waals surface area (Å²) in [7, 11) is 0. The molecule has 0 spiro atoms. The smallest absolute Gasteiger partial charge is 0.303 e. The van der Waals surface area contributed by atoms with E-state index in [9.17, 15) is 9.59 Å². The molecule has 2 N–H and O–H groups in total. The van der Waals surface area contributed by atoms with Crippen LogP contribution in [-0.2, 0) is 9.59 Å². The SMILES string of the molecule is CSC1(CNC(=O)CCCC(=O)O)CC1. The van der Waals surface area contributed by atoms with Gasteiger partial charge in [-0.05, 0) is 25.5 Å². The van der Waals surface area contributed by atoms with Crippen molar-refractivity contribution in [2.24, 2.45) is 0 Å². The van der Waals surface area contributed by atoms with Gasteiger partial charge in [0.1, 0.15) is 0 Å². The van der Waals surface area contributed by atoms with Gasteiger partial charge in [-0.1, -0.05) is 0 Å². The molecule has 5 heteroatoms. The highest BCUT2D eigenvalue weighted by molar-refractivity contribution is 8.00. The minimum atomic E-state index is -0.842. The zero-order chi connectivity index (χ0) is 11.3. The number of aliphatic carboxylic acids is 1. The lowest BCUT2D eigenvalue weighted by Gasteiger charge is -2.12. The molecule has 1 fully saturated rings. The maximum atomic E-state index is 11.3. The average Bonchev–Trinajstić information content (AvgIpc) is 2.95. The minimum absolute atomic E-state index is 0.0309. The first-order valence-electron chi connectivity index (χ1n) is 5.12. The summed E-state index contributed by atoms with van der Waals surface area (Å²) >= 11 is 1.80. The fraction of sp³-hybridized carbons (Fsp3) is 0.800. The molecule has 0 heterocycles. The van der Waals surface area contributed by atoms with Crippen molar-refractivity contribution in [3.63, 3.8) is 0 Å². The average molecular weight is 231 g/mol. The Labute approximate surface area is 93.8 Å². The molecular weight excluding hydrogens is 214 g/mol. The lowest BCUT2D eigenvalue weighted by atomic mass is 10.2. The van der Waals surface area contributed by atoms with E-state index >= 15 is 0 Å². The molecule has 0 aliphatic heterocycles. The monoisotopic (exact) mass is 231 g/mol. The zero-order valence-corrected chi connectivity index (χ0v) is 9.73. The lowest BCUT2D eigenvalue weighted by Crippen LogP contribution is -2.31. The number of nitrogens with one attached hydrogen (secondary N) is 1. The Morgan fingerprint density at radius 1 is 1.40 bits per heavy atom. The van der Waals surface area contributed by atoms with Crippen LogP contribution in [0.2, 0.25) is 0 Å². The number of hydrogen-bond acceptors (Lipinski definition) is 3. The molecule has 0 aromatic heterocycles. The van der Waals surface area contributed by atoms with Gasteiger partial charge in [-0.2, -0.15) is 11.8 Å². The molecule has 0 aromatic rings. The molecule has 1 amide bonds. The van der Waals surface area contributed by atoms with Crippen molar-refractivity contribution in [2.45, 2.75) is 36.9 Å². The number of carbonyl (C=O) groups is 2. The second kappa shape index (κ2) is 5.39. The number of amides is 1. The molecule has 4 nitrogen and oxygen atoms in total. The number of carboxylic acids is 1. The van der Waals surface area contributed by atoms with Crippen LogP contribution in [0.15, 0.2) is 0 Å². The Hall–Kier alpha value is -0.710. The summed E-state index contributed by atoms with van der Waals surface area (Å²) in [5.74, 6) is -0.873. The van der Waals surface area contributed by atoms with Crippen LogP contribution in [0.5, 0.6) is 0 Å². The van der Waals surface area contributed by atoms with E-state index < -0.39 is 5.97 Å². The molecule has 86 valence electrons. The molecule has 0 radical (unpaired) electrons. The van der Waals surface area contributed by atoms with Crippen LogP contribution in [0.1, 0.15) is 32.1 Å². The summed E-state index contributed by atoms with van der Waals surface area (Å²) in [5.41, 5.74) is 0. The van der Waals surface area contributed by atoms with E-state index in [0.29, 0.717) is 12.8 Å². The van der Waals surface area contributed by atoms with Gasteiger partial charge in [0.05, 0.1) is 0 Å². The summed E-state index contributed by atoms with van der Waals surface area (Å²) in [5, 5.41) is 11.3. The molecule has 0 aromatic carbocycles. The Bertz CT molecular complexity index is 251. The number of thioether (sulfide) groups is 1. The maximum absolute atomic E-state index is 11.3. The summed E-state index contributed by atoms with van der Waals surface area (Å²) in [6, 6.07) is 0. The summed E-state index contributed by atoms with van der Waals surface area (Å²) in [4.78, 5) is 21.5. The quantitative estimate of drug-likeness (QED) is 0.692. The Kier molecular flexibility index (Phi) is 4.45. The van der Waals surface area contributed by atoms with Crippen LogP contribution in [-0.4, -0.2) is 34.5 Å². The van der Waals surface area contributed by atoms with Gasteiger partial charge in [0, 0.05) is 24.1 Å². The number of carboxylic acid groups (broad SMARTS) is 1. The predicted molar refractivity (Wildman–Crippen MR) is 60.0 cm³/mol. The van der Waals surface area contributed by atoms with E-state index in [0.717, 1.165) is 6.54 Å². The van der Waals surface area contributed by atoms with E-state index in [1.165, 1.54) is 12.8 Å². The van der Waals surface area contributed by atoms with Crippen LogP contribution in [0, 0.1) is 0 Å². The van der Waals surface area contributed by atoms with Crippen molar-refractivity contribution in [3.05, 3.63) is 0 Å². The summed E-state index contributed by atoms with van der Waals surface area (Å²) < 4.78 is 0.280. The van der Waals surface area contributed by atoms with Crippen LogP contribution >= 0.6 is 11.8 Å². The molecule has 0 atom stereocenters. The van der Waals surface area contributed by atoms with Crippen LogP contribution < -0.4 is 5.32 Å². The minimum Gasteiger partial charge on any atom is -0.481 e. The molecule has 1 rings (SSSR count). The van der Waals surface area contributed by atoms with Gasteiger partial charge in [0.25, 0.3) is 0 Å². The third kappa shape index (κ3) is 4.55. The van der Waals surface area contributed by atoms with Crippen molar-refractivity contribution in [1.82, 2.24) is 5.32 Å². The Balaban J connectivity index is 2.06. The van der Waals surface area contributed by atoms with Gasteiger partial charge >= 0.3 is 5.97 Å². The zero-order valence-electron chi connectivity index (χ0n) is 8.91. The molecule has 1 saturated carbocycles. The van der Waals surface area contributed by atoms with Crippen LogP contribution in [0.25, 0.3) is 0 Å². The van der Waals surface area contributed by atoms with Gasteiger partial charge in [0.15, 0.2) is 0 Å². The molecule has 0 saturated heterocycles. The maximum Gasteiger partial charge on any atom is 0.303 e. The predicted octanol–water partition coefficient (Wildman–Crippen LogP) is 1.25. The summed E-state index contributed by atoms with van der Waals surface area (Å²) in [6.07, 6.45) is 5.21. The Morgan fingerprint density at radius 3 is 2.53 bits per heavy atom. The van der Waals surface area contributed by atoms with Crippen LogP contribution in [0.3, 0.4) is 0 Å². The van der Waals surface area contributed by atoms with E-state index in [-0.39, 0.29) is 17.1 Å². The normalized spacial score (nSPS) is 17.1. The van der Waals surface area contributed by atoms with E-state index in [4.69, 9.17) is 5.11 Å². The lowest BCUT2D eigenvalue weighted by molar-refractivity contribution is -0.137. The van der Waals surface area contributed by atoms with E-state index in [2.05, 4.69) is 11.6 Å². The van der Waals surface area contributed by atoms with Crippen molar-refractivity contribution < 1.29 is 14.7 Å². The Morgan fingerprint density at radius 2 is 2.07 bits per heavy atom. The summed E-state index contributed by atoms with van der Waals surface area (Å²) in [6.45, 7) is 0.722. The molecule has 0 unspecified atom stereocenters. The molecule has 1 aliphatic rings. The van der Waals surface area contributed by atoms with E-state index in [1.54, 1.807) is 11.8 Å². The first kappa shape index (κ1) is 12.4. The standard InChI is InChI=1S/C10H17NO3S/c1-15-10(5-6-10)7-11-8(12)3-2-4-9(13)14/h2-7H2,1H3,(H,11,12)(H,13,14). The van der Waals surface area contributed by atoms with Crippen molar-refractivity contribution in [2.75, 3.05) is 12.8 Å². The fourth-order valence-corrected chi connectivity index (χ4v) is 2.07. The number of hydrogen-bond donors (Lipinski definition) is 2. The van der Waals surface area contributed by atoms with Crippen molar-refractivity contribution >= 4 is 23.6 Å². The first-order valence-corrected chi connectivity index (χ1v) is 6.34. The topological polar surface area (TPSA) is 66.4 Å². The second-order valence-electron chi connectivity index (χ2n) is 3.91.